The van der Waals surface area contributed by atoms with E-state index >= 15 is 0 Å². The van der Waals surface area contributed by atoms with Crippen LogP contribution in [0, 0.1) is 23.2 Å². The number of thiophene rings is 1. The average molecular weight is 357 g/mol. The van der Waals surface area contributed by atoms with Gasteiger partial charge in [-0.3, -0.25) is 4.79 Å². The van der Waals surface area contributed by atoms with E-state index in [9.17, 15) is 9.59 Å². The van der Waals surface area contributed by atoms with Gasteiger partial charge in [-0.05, 0) is 64.5 Å². The minimum Gasteiger partial charge on any atom is -0.354 e. The molecule has 0 saturated heterocycles. The Hall–Kier alpha value is -2.22. The summed E-state index contributed by atoms with van der Waals surface area (Å²) >= 11 is 1.43. The standard InChI is InChI=1S/C17H19N5O2S/c23-15(12-10-11-3-4-13(12)17(11)5-6-17)18-7-8-21-16(24)22(20-19-21)14-2-1-9-25-14/h1-4,9,11-13H,5-8,10H2,(H,18,23)/t11-,12+,13-/m0/s1. The number of rotatable bonds is 5. The SMILES string of the molecule is O=C(NCCn1nnn(-c2cccs2)c1=O)[C@@H]1C[C@@H]2C=C[C@@H]1C21CC1. The number of allylic oxidation sites excluding steroid dienone is 2. The highest BCUT2D eigenvalue weighted by atomic mass is 32.1. The fourth-order valence-corrected chi connectivity index (χ4v) is 5.30. The van der Waals surface area contributed by atoms with Crippen LogP contribution in [0.1, 0.15) is 19.3 Å². The van der Waals surface area contributed by atoms with Crippen molar-refractivity contribution in [2.75, 3.05) is 6.54 Å². The first-order valence-corrected chi connectivity index (χ1v) is 9.60. The van der Waals surface area contributed by atoms with Crippen LogP contribution in [0.3, 0.4) is 0 Å². The number of hydrogen-bond acceptors (Lipinski definition) is 5. The van der Waals surface area contributed by atoms with Crippen molar-refractivity contribution >= 4 is 17.2 Å². The monoisotopic (exact) mass is 357 g/mol. The maximum absolute atomic E-state index is 12.5. The van der Waals surface area contributed by atoms with E-state index in [2.05, 4.69) is 27.9 Å². The van der Waals surface area contributed by atoms with Crippen molar-refractivity contribution in [3.05, 3.63) is 40.1 Å². The molecule has 2 heterocycles. The molecule has 2 fully saturated rings. The van der Waals surface area contributed by atoms with Gasteiger partial charge in [0.1, 0.15) is 5.00 Å². The number of nitrogens with zero attached hydrogens (tertiary/aromatic N) is 4. The van der Waals surface area contributed by atoms with Gasteiger partial charge in [0.05, 0.1) is 6.54 Å². The summed E-state index contributed by atoms with van der Waals surface area (Å²) in [7, 11) is 0. The molecule has 1 N–H and O–H groups in total. The molecule has 2 aromatic rings. The van der Waals surface area contributed by atoms with Crippen LogP contribution in [0.2, 0.25) is 0 Å². The highest BCUT2D eigenvalue weighted by molar-refractivity contribution is 7.12. The molecule has 2 aromatic heterocycles. The molecule has 0 aromatic carbocycles. The molecule has 3 atom stereocenters. The van der Waals surface area contributed by atoms with Crippen molar-refractivity contribution in [2.45, 2.75) is 25.8 Å². The van der Waals surface area contributed by atoms with E-state index in [1.54, 1.807) is 0 Å². The fraction of sp³-hybridized carbons (Fsp3) is 0.529. The van der Waals surface area contributed by atoms with Crippen LogP contribution in [-0.4, -0.2) is 32.2 Å². The van der Waals surface area contributed by atoms with Gasteiger partial charge in [0.15, 0.2) is 0 Å². The summed E-state index contributed by atoms with van der Waals surface area (Å²) in [6.45, 7) is 0.726. The number of tetrazole rings is 1. The molecule has 1 amide bonds. The summed E-state index contributed by atoms with van der Waals surface area (Å²) in [5.74, 6) is 1.22. The lowest BCUT2D eigenvalue weighted by Gasteiger charge is -2.19. The number of carbonyl (C=O) groups excluding carboxylic acids is 1. The highest BCUT2D eigenvalue weighted by Crippen LogP contribution is 2.70. The quantitative estimate of drug-likeness (QED) is 0.816. The molecule has 7 nitrogen and oxygen atoms in total. The molecule has 0 unspecified atom stereocenters. The lowest BCUT2D eigenvalue weighted by atomic mass is 9.88. The second kappa shape index (κ2) is 5.39. The van der Waals surface area contributed by atoms with Crippen LogP contribution in [-0.2, 0) is 11.3 Å². The first kappa shape index (κ1) is 15.1. The molecule has 130 valence electrons. The molecule has 3 aliphatic carbocycles. The molecule has 2 bridgehead atoms. The molecule has 3 aliphatic rings. The lowest BCUT2D eigenvalue weighted by Crippen LogP contribution is -2.37. The Kier molecular flexibility index (Phi) is 3.25. The van der Waals surface area contributed by atoms with E-state index in [-0.39, 0.29) is 17.5 Å². The number of carbonyl (C=O) groups is 1. The van der Waals surface area contributed by atoms with Gasteiger partial charge < -0.3 is 5.32 Å². The highest BCUT2D eigenvalue weighted by Gasteiger charge is 2.63. The van der Waals surface area contributed by atoms with Crippen LogP contribution in [0.15, 0.2) is 34.5 Å². The van der Waals surface area contributed by atoms with Gasteiger partial charge in [0.2, 0.25) is 5.91 Å². The summed E-state index contributed by atoms with van der Waals surface area (Å²) in [5, 5.41) is 13.4. The van der Waals surface area contributed by atoms with Crippen LogP contribution >= 0.6 is 11.3 Å². The van der Waals surface area contributed by atoms with E-state index in [0.717, 1.165) is 11.4 Å². The Morgan fingerprint density at radius 1 is 1.36 bits per heavy atom. The zero-order valence-electron chi connectivity index (χ0n) is 13.7. The van der Waals surface area contributed by atoms with Crippen molar-refractivity contribution in [1.82, 2.24) is 25.1 Å². The van der Waals surface area contributed by atoms with Crippen molar-refractivity contribution in [3.8, 4) is 5.00 Å². The van der Waals surface area contributed by atoms with E-state index < -0.39 is 0 Å². The zero-order chi connectivity index (χ0) is 17.0. The van der Waals surface area contributed by atoms with E-state index in [0.29, 0.717) is 30.3 Å². The second-order valence-electron chi connectivity index (χ2n) is 7.23. The summed E-state index contributed by atoms with van der Waals surface area (Å²) in [6, 6.07) is 3.69. The first-order chi connectivity index (χ1) is 12.2. The summed E-state index contributed by atoms with van der Waals surface area (Å²) < 4.78 is 2.58. The Bertz CT molecular complexity index is 893. The third-order valence-corrected chi connectivity index (χ3v) is 6.88. The minimum absolute atomic E-state index is 0.0935. The van der Waals surface area contributed by atoms with Gasteiger partial charge in [0, 0.05) is 12.5 Å². The Labute approximate surface area is 148 Å². The third-order valence-electron chi connectivity index (χ3n) is 6.04. The molecule has 1 spiro atoms. The first-order valence-electron chi connectivity index (χ1n) is 8.72. The smallest absolute Gasteiger partial charge is 0.354 e. The third kappa shape index (κ3) is 2.23. The van der Waals surface area contributed by atoms with Crippen molar-refractivity contribution in [3.63, 3.8) is 0 Å². The molecular formula is C17H19N5O2S. The summed E-state index contributed by atoms with van der Waals surface area (Å²) in [6.07, 6.45) is 8.06. The van der Waals surface area contributed by atoms with Crippen molar-refractivity contribution in [1.29, 1.82) is 0 Å². The Morgan fingerprint density at radius 2 is 2.24 bits per heavy atom. The van der Waals surface area contributed by atoms with Crippen LogP contribution in [0.4, 0.5) is 0 Å². The predicted octanol–water partition coefficient (Wildman–Crippen LogP) is 1.21. The number of amides is 1. The van der Waals surface area contributed by atoms with Crippen molar-refractivity contribution < 1.29 is 4.79 Å². The fourth-order valence-electron chi connectivity index (χ4n) is 4.63. The van der Waals surface area contributed by atoms with Gasteiger partial charge in [-0.2, -0.15) is 9.36 Å². The molecule has 25 heavy (non-hydrogen) atoms. The summed E-state index contributed by atoms with van der Waals surface area (Å²) in [4.78, 5) is 24.8. The molecule has 5 rings (SSSR count). The Balaban J connectivity index is 1.20. The Morgan fingerprint density at radius 3 is 2.96 bits per heavy atom. The van der Waals surface area contributed by atoms with Gasteiger partial charge in [-0.15, -0.1) is 11.3 Å². The number of aromatic nitrogens is 4. The van der Waals surface area contributed by atoms with Crippen LogP contribution in [0.25, 0.3) is 5.00 Å². The van der Waals surface area contributed by atoms with Gasteiger partial charge >= 0.3 is 5.69 Å². The maximum atomic E-state index is 12.5. The van der Waals surface area contributed by atoms with Gasteiger partial charge in [-0.1, -0.05) is 12.2 Å². The molecule has 0 aliphatic heterocycles. The molecule has 0 radical (unpaired) electrons. The zero-order valence-corrected chi connectivity index (χ0v) is 14.5. The normalized spacial score (nSPS) is 27.9. The number of hydrogen-bond donors (Lipinski definition) is 1. The van der Waals surface area contributed by atoms with Crippen molar-refractivity contribution in [2.24, 2.45) is 23.2 Å². The van der Waals surface area contributed by atoms with Gasteiger partial charge in [0.25, 0.3) is 0 Å². The molecule has 2 saturated carbocycles. The lowest BCUT2D eigenvalue weighted by molar-refractivity contribution is -0.125. The summed E-state index contributed by atoms with van der Waals surface area (Å²) in [5.41, 5.74) is 0.138. The largest absolute Gasteiger partial charge is 0.369 e. The average Bonchev–Trinajstić information content (AvgIpc) is 2.92. The minimum atomic E-state index is -0.281. The number of nitrogens with one attached hydrogen (secondary N) is 1. The van der Waals surface area contributed by atoms with E-state index in [1.165, 1.54) is 33.5 Å². The van der Waals surface area contributed by atoms with Gasteiger partial charge in [-0.25, -0.2) is 4.79 Å². The molecular weight excluding hydrogens is 338 g/mol. The predicted molar refractivity (Wildman–Crippen MR) is 92.4 cm³/mol. The molecule has 8 heteroatoms. The maximum Gasteiger partial charge on any atom is 0.369 e. The second-order valence-corrected chi connectivity index (χ2v) is 8.16. The van der Waals surface area contributed by atoms with E-state index in [4.69, 9.17) is 0 Å². The van der Waals surface area contributed by atoms with Crippen LogP contribution < -0.4 is 11.0 Å². The van der Waals surface area contributed by atoms with E-state index in [1.807, 2.05) is 17.5 Å². The topological polar surface area (TPSA) is 81.8 Å². The van der Waals surface area contributed by atoms with Crippen LogP contribution in [0.5, 0.6) is 0 Å².